The first-order chi connectivity index (χ1) is 7.23. The van der Waals surface area contributed by atoms with E-state index in [1.807, 2.05) is 0 Å². The number of rotatable bonds is 2. The normalized spacial score (nSPS) is 45.9. The van der Waals surface area contributed by atoms with E-state index in [0.29, 0.717) is 10.8 Å². The highest BCUT2D eigenvalue weighted by Gasteiger charge is 2.71. The standard InChI is InChI=1S/C14H28N2/c1-13(2)10-8-9-14(13,3)12(16(6)7)11(10)15(4)5/h10-12H,8-9H2,1-7H3/p+2/t10-,11+,12+,14+/m0/s1. The second kappa shape index (κ2) is 3.46. The lowest BCUT2D eigenvalue weighted by Gasteiger charge is -2.40. The van der Waals surface area contributed by atoms with Gasteiger partial charge in [-0.3, -0.25) is 0 Å². The minimum absolute atomic E-state index is 0.525. The Kier molecular flexibility index (Phi) is 2.67. The minimum atomic E-state index is 0.525. The summed E-state index contributed by atoms with van der Waals surface area (Å²) < 4.78 is 0. The number of nitrogens with one attached hydrogen (secondary N) is 2. The van der Waals surface area contributed by atoms with Crippen LogP contribution in [-0.2, 0) is 0 Å². The molecule has 0 unspecified atom stereocenters. The second-order valence-corrected chi connectivity index (χ2v) is 7.44. The maximum atomic E-state index is 2.55. The van der Waals surface area contributed by atoms with Crippen molar-refractivity contribution in [2.24, 2.45) is 16.7 Å². The average molecular weight is 226 g/mol. The van der Waals surface area contributed by atoms with Gasteiger partial charge in [-0.1, -0.05) is 20.8 Å². The zero-order valence-electron chi connectivity index (χ0n) is 12.1. The summed E-state index contributed by atoms with van der Waals surface area (Å²) in [5.74, 6) is 0.919. The van der Waals surface area contributed by atoms with Crippen LogP contribution in [0.1, 0.15) is 33.6 Å². The first-order valence-corrected chi connectivity index (χ1v) is 6.83. The van der Waals surface area contributed by atoms with Crippen LogP contribution in [0.15, 0.2) is 0 Å². The molecule has 0 heterocycles. The Balaban J connectivity index is 2.44. The molecule has 2 aliphatic carbocycles. The molecule has 2 nitrogen and oxygen atoms in total. The molecular weight excluding hydrogens is 196 g/mol. The molecule has 16 heavy (non-hydrogen) atoms. The van der Waals surface area contributed by atoms with Crippen molar-refractivity contribution < 1.29 is 9.80 Å². The van der Waals surface area contributed by atoms with Crippen molar-refractivity contribution in [3.8, 4) is 0 Å². The van der Waals surface area contributed by atoms with Gasteiger partial charge in [-0.2, -0.15) is 0 Å². The Bertz CT molecular complexity index is 282. The van der Waals surface area contributed by atoms with E-state index in [9.17, 15) is 0 Å². The Morgan fingerprint density at radius 3 is 1.88 bits per heavy atom. The SMILES string of the molecule is C[NH+](C)[C@@H]1[C@@H]2CC[C@](C)([C@@H]1[NH+](C)C)C2(C)C. The number of hydrogen-bond donors (Lipinski definition) is 2. The van der Waals surface area contributed by atoms with Gasteiger partial charge in [0.25, 0.3) is 0 Å². The summed E-state index contributed by atoms with van der Waals surface area (Å²) in [4.78, 5) is 3.32. The van der Waals surface area contributed by atoms with Crippen LogP contribution in [0.25, 0.3) is 0 Å². The molecule has 0 radical (unpaired) electrons. The van der Waals surface area contributed by atoms with E-state index < -0.39 is 0 Å². The Labute approximate surface area is 101 Å². The fourth-order valence-electron chi connectivity index (χ4n) is 5.11. The Morgan fingerprint density at radius 2 is 1.50 bits per heavy atom. The third-order valence-electron chi connectivity index (χ3n) is 6.14. The van der Waals surface area contributed by atoms with Crippen molar-refractivity contribution in [3.05, 3.63) is 0 Å². The predicted octanol–water partition coefficient (Wildman–Crippen LogP) is -0.531. The van der Waals surface area contributed by atoms with Gasteiger partial charge < -0.3 is 9.80 Å². The topological polar surface area (TPSA) is 8.88 Å². The van der Waals surface area contributed by atoms with Crippen molar-refractivity contribution in [2.45, 2.75) is 45.7 Å². The van der Waals surface area contributed by atoms with Gasteiger partial charge in [0.2, 0.25) is 0 Å². The third kappa shape index (κ3) is 1.26. The zero-order valence-corrected chi connectivity index (χ0v) is 12.1. The lowest BCUT2D eigenvalue weighted by atomic mass is 9.69. The fraction of sp³-hybridized carbons (Fsp3) is 1.00. The predicted molar refractivity (Wildman–Crippen MR) is 67.8 cm³/mol. The molecule has 0 aromatic rings. The highest BCUT2D eigenvalue weighted by molar-refractivity contribution is 5.14. The van der Waals surface area contributed by atoms with E-state index >= 15 is 0 Å². The van der Waals surface area contributed by atoms with Crippen molar-refractivity contribution in [2.75, 3.05) is 28.2 Å². The quantitative estimate of drug-likeness (QED) is 0.626. The van der Waals surface area contributed by atoms with E-state index in [-0.39, 0.29) is 0 Å². The van der Waals surface area contributed by atoms with Crippen LogP contribution in [0.5, 0.6) is 0 Å². The van der Waals surface area contributed by atoms with Crippen molar-refractivity contribution in [3.63, 3.8) is 0 Å². The van der Waals surface area contributed by atoms with Crippen molar-refractivity contribution >= 4 is 0 Å². The molecule has 0 aromatic carbocycles. The lowest BCUT2D eigenvalue weighted by molar-refractivity contribution is -0.964. The van der Waals surface area contributed by atoms with Gasteiger partial charge in [0.15, 0.2) is 0 Å². The monoisotopic (exact) mass is 226 g/mol. The van der Waals surface area contributed by atoms with Crippen molar-refractivity contribution in [1.82, 2.24) is 0 Å². The molecule has 2 heteroatoms. The fourth-order valence-corrected chi connectivity index (χ4v) is 5.11. The van der Waals surface area contributed by atoms with Crippen LogP contribution in [0, 0.1) is 16.7 Å². The van der Waals surface area contributed by atoms with Crippen molar-refractivity contribution in [1.29, 1.82) is 0 Å². The number of fused-ring (bicyclic) bond motifs is 2. The van der Waals surface area contributed by atoms with E-state index in [1.54, 1.807) is 9.80 Å². The molecule has 2 bridgehead atoms. The van der Waals surface area contributed by atoms with E-state index in [1.165, 1.54) is 12.8 Å². The maximum Gasteiger partial charge on any atom is 0.146 e. The molecule has 2 N–H and O–H groups in total. The summed E-state index contributed by atoms with van der Waals surface area (Å²) in [5, 5.41) is 0. The molecular formula is C14H30N2+2. The molecule has 0 spiro atoms. The number of likely N-dealkylation sites (N-methyl/N-ethyl adjacent to an activating group) is 2. The summed E-state index contributed by atoms with van der Waals surface area (Å²) in [6.07, 6.45) is 2.88. The lowest BCUT2D eigenvalue weighted by Crippen LogP contribution is -3.22. The molecule has 0 aromatic heterocycles. The molecule has 0 amide bonds. The molecule has 2 saturated carbocycles. The van der Waals surface area contributed by atoms with E-state index in [0.717, 1.165) is 18.0 Å². The molecule has 0 saturated heterocycles. The van der Waals surface area contributed by atoms with Gasteiger partial charge in [-0.15, -0.1) is 0 Å². The summed E-state index contributed by atoms with van der Waals surface area (Å²) in [6.45, 7) is 7.58. The Hall–Kier alpha value is -0.0800. The highest BCUT2D eigenvalue weighted by Crippen LogP contribution is 2.64. The average Bonchev–Trinajstić information content (AvgIpc) is 2.45. The molecule has 94 valence electrons. The molecule has 2 aliphatic rings. The van der Waals surface area contributed by atoms with E-state index in [2.05, 4.69) is 49.0 Å². The smallest absolute Gasteiger partial charge is 0.146 e. The number of hydrogen-bond acceptors (Lipinski definition) is 0. The Morgan fingerprint density at radius 1 is 0.938 bits per heavy atom. The summed E-state index contributed by atoms with van der Waals surface area (Å²) in [7, 11) is 9.40. The zero-order chi connectivity index (χ0) is 12.3. The van der Waals surface area contributed by atoms with Gasteiger partial charge in [0.05, 0.1) is 28.2 Å². The van der Waals surface area contributed by atoms with Crippen LogP contribution in [-0.4, -0.2) is 40.3 Å². The van der Waals surface area contributed by atoms with Gasteiger partial charge in [0, 0.05) is 11.3 Å². The largest absolute Gasteiger partial charge is 0.332 e. The first kappa shape index (κ1) is 12.4. The van der Waals surface area contributed by atoms with Gasteiger partial charge in [0.1, 0.15) is 12.1 Å². The van der Waals surface area contributed by atoms with Crippen LogP contribution in [0.2, 0.25) is 0 Å². The van der Waals surface area contributed by atoms with Gasteiger partial charge in [-0.05, 0) is 18.3 Å². The first-order valence-electron chi connectivity index (χ1n) is 6.83. The summed E-state index contributed by atoms with van der Waals surface area (Å²) >= 11 is 0. The van der Waals surface area contributed by atoms with Gasteiger partial charge >= 0.3 is 0 Å². The molecule has 2 fully saturated rings. The number of quaternary nitrogens is 2. The maximum absolute atomic E-state index is 2.55. The second-order valence-electron chi connectivity index (χ2n) is 7.44. The summed E-state index contributed by atoms with van der Waals surface area (Å²) in [5.41, 5.74) is 1.06. The molecule has 0 aliphatic heterocycles. The molecule has 2 rings (SSSR count). The van der Waals surface area contributed by atoms with Gasteiger partial charge in [-0.25, -0.2) is 0 Å². The van der Waals surface area contributed by atoms with Crippen LogP contribution < -0.4 is 9.80 Å². The highest BCUT2D eigenvalue weighted by atomic mass is 15.2. The van der Waals surface area contributed by atoms with Crippen LogP contribution in [0.4, 0.5) is 0 Å². The summed E-state index contributed by atoms with van der Waals surface area (Å²) in [6, 6.07) is 1.67. The van der Waals surface area contributed by atoms with Crippen LogP contribution >= 0.6 is 0 Å². The van der Waals surface area contributed by atoms with Crippen LogP contribution in [0.3, 0.4) is 0 Å². The van der Waals surface area contributed by atoms with E-state index in [4.69, 9.17) is 0 Å². The molecule has 4 atom stereocenters. The third-order valence-corrected chi connectivity index (χ3v) is 6.14. The minimum Gasteiger partial charge on any atom is -0.332 e.